The van der Waals surface area contributed by atoms with Crippen LogP contribution >= 0.6 is 0 Å². The van der Waals surface area contributed by atoms with Gasteiger partial charge in [0.05, 0.1) is 0 Å². The lowest BCUT2D eigenvalue weighted by Gasteiger charge is -2.17. The number of hydrogen-bond donors (Lipinski definition) is 1. The Balaban J connectivity index is 2.31. The van der Waals surface area contributed by atoms with E-state index in [2.05, 4.69) is 4.98 Å². The first-order chi connectivity index (χ1) is 9.00. The van der Waals surface area contributed by atoms with E-state index in [9.17, 15) is 9.59 Å². The van der Waals surface area contributed by atoms with E-state index in [0.717, 1.165) is 12.1 Å². The van der Waals surface area contributed by atoms with Crippen LogP contribution in [0.4, 0.5) is 0 Å². The van der Waals surface area contributed by atoms with Crippen LogP contribution in [0, 0.1) is 5.92 Å². The Morgan fingerprint density at radius 3 is 2.74 bits per heavy atom. The van der Waals surface area contributed by atoms with Crippen LogP contribution < -0.4 is 5.73 Å². The fourth-order valence-electron chi connectivity index (χ4n) is 1.63. The number of primary amides is 1. The molecule has 5 heteroatoms. The van der Waals surface area contributed by atoms with Crippen molar-refractivity contribution in [3.05, 3.63) is 30.1 Å². The molecule has 0 saturated carbocycles. The SMILES string of the molecule is C[C@@H](CCC(=O)N(C)CCc1ccccn1)C(N)=O. The summed E-state index contributed by atoms with van der Waals surface area (Å²) in [6.07, 6.45) is 3.32. The number of amides is 2. The van der Waals surface area contributed by atoms with Crippen molar-refractivity contribution in [3.8, 4) is 0 Å². The number of nitrogens with two attached hydrogens (primary N) is 1. The number of hydrogen-bond acceptors (Lipinski definition) is 3. The molecular formula is C14H21N3O2. The minimum Gasteiger partial charge on any atom is -0.369 e. The van der Waals surface area contributed by atoms with Crippen molar-refractivity contribution in [2.45, 2.75) is 26.2 Å². The van der Waals surface area contributed by atoms with Crippen molar-refractivity contribution in [1.29, 1.82) is 0 Å². The Hall–Kier alpha value is -1.91. The van der Waals surface area contributed by atoms with Gasteiger partial charge in [0, 0.05) is 44.2 Å². The zero-order valence-electron chi connectivity index (χ0n) is 11.5. The third kappa shape index (κ3) is 5.50. The van der Waals surface area contributed by atoms with Gasteiger partial charge in [0.1, 0.15) is 0 Å². The maximum absolute atomic E-state index is 11.8. The first kappa shape index (κ1) is 15.1. The van der Waals surface area contributed by atoms with Crippen molar-refractivity contribution >= 4 is 11.8 Å². The molecule has 0 radical (unpaired) electrons. The summed E-state index contributed by atoms with van der Waals surface area (Å²) >= 11 is 0. The van der Waals surface area contributed by atoms with E-state index in [-0.39, 0.29) is 17.7 Å². The molecule has 1 aromatic rings. The number of rotatable bonds is 7. The van der Waals surface area contributed by atoms with Gasteiger partial charge in [-0.3, -0.25) is 14.6 Å². The average Bonchev–Trinajstić information content (AvgIpc) is 2.42. The fraction of sp³-hybridized carbons (Fsp3) is 0.500. The molecule has 0 bridgehead atoms. The van der Waals surface area contributed by atoms with Gasteiger partial charge >= 0.3 is 0 Å². The third-order valence-electron chi connectivity index (χ3n) is 3.13. The van der Waals surface area contributed by atoms with Gasteiger partial charge in [-0.05, 0) is 18.6 Å². The molecule has 0 aliphatic carbocycles. The summed E-state index contributed by atoms with van der Waals surface area (Å²) in [6, 6.07) is 5.73. The average molecular weight is 263 g/mol. The molecule has 5 nitrogen and oxygen atoms in total. The second-order valence-electron chi connectivity index (χ2n) is 4.73. The van der Waals surface area contributed by atoms with Gasteiger partial charge in [0.15, 0.2) is 0 Å². The van der Waals surface area contributed by atoms with Gasteiger partial charge in [-0.15, -0.1) is 0 Å². The van der Waals surface area contributed by atoms with Crippen molar-refractivity contribution in [1.82, 2.24) is 9.88 Å². The Kier molecular flexibility index (Phi) is 5.99. The summed E-state index contributed by atoms with van der Waals surface area (Å²) in [5.74, 6) is -0.582. The molecule has 0 aliphatic heterocycles. The zero-order chi connectivity index (χ0) is 14.3. The number of aromatic nitrogens is 1. The Morgan fingerprint density at radius 1 is 1.42 bits per heavy atom. The Bertz CT molecular complexity index is 420. The molecule has 2 amide bonds. The summed E-state index contributed by atoms with van der Waals surface area (Å²) in [4.78, 5) is 28.6. The fourth-order valence-corrected chi connectivity index (χ4v) is 1.63. The first-order valence-electron chi connectivity index (χ1n) is 6.44. The molecule has 0 unspecified atom stereocenters. The molecule has 19 heavy (non-hydrogen) atoms. The summed E-state index contributed by atoms with van der Waals surface area (Å²) < 4.78 is 0. The molecule has 0 saturated heterocycles. The minimum atomic E-state index is -0.357. The van der Waals surface area contributed by atoms with Gasteiger partial charge in [0.2, 0.25) is 11.8 Å². The molecule has 0 spiro atoms. The number of pyridine rings is 1. The highest BCUT2D eigenvalue weighted by Gasteiger charge is 2.14. The van der Waals surface area contributed by atoms with Crippen molar-refractivity contribution in [3.63, 3.8) is 0 Å². The van der Waals surface area contributed by atoms with Crippen LogP contribution in [0.15, 0.2) is 24.4 Å². The third-order valence-corrected chi connectivity index (χ3v) is 3.13. The summed E-state index contributed by atoms with van der Waals surface area (Å²) in [7, 11) is 1.76. The highest BCUT2D eigenvalue weighted by molar-refractivity contribution is 5.79. The lowest BCUT2D eigenvalue weighted by Crippen LogP contribution is -2.30. The number of likely N-dealkylation sites (N-methyl/N-ethyl adjacent to an activating group) is 1. The highest BCUT2D eigenvalue weighted by Crippen LogP contribution is 2.07. The zero-order valence-corrected chi connectivity index (χ0v) is 11.5. The Morgan fingerprint density at radius 2 is 2.16 bits per heavy atom. The molecule has 104 valence electrons. The second kappa shape index (κ2) is 7.51. The number of carbonyl (C=O) groups is 2. The molecular weight excluding hydrogens is 242 g/mol. The smallest absolute Gasteiger partial charge is 0.222 e. The monoisotopic (exact) mass is 263 g/mol. The van der Waals surface area contributed by atoms with E-state index in [1.54, 1.807) is 25.1 Å². The Labute approximate surface area is 113 Å². The second-order valence-corrected chi connectivity index (χ2v) is 4.73. The van der Waals surface area contributed by atoms with E-state index in [1.807, 2.05) is 18.2 Å². The van der Waals surface area contributed by atoms with Crippen LogP contribution in [0.5, 0.6) is 0 Å². The van der Waals surface area contributed by atoms with Crippen molar-refractivity contribution in [2.24, 2.45) is 11.7 Å². The number of nitrogens with zero attached hydrogens (tertiary/aromatic N) is 2. The molecule has 1 aromatic heterocycles. The van der Waals surface area contributed by atoms with Gasteiger partial charge in [-0.1, -0.05) is 13.0 Å². The van der Waals surface area contributed by atoms with Crippen molar-refractivity contribution < 1.29 is 9.59 Å². The van der Waals surface area contributed by atoms with Gasteiger partial charge in [0.25, 0.3) is 0 Å². The van der Waals surface area contributed by atoms with E-state index >= 15 is 0 Å². The van der Waals surface area contributed by atoms with Gasteiger partial charge < -0.3 is 10.6 Å². The molecule has 2 N–H and O–H groups in total. The number of carbonyl (C=O) groups excluding carboxylic acids is 2. The van der Waals surface area contributed by atoms with Crippen LogP contribution in [0.25, 0.3) is 0 Å². The summed E-state index contributed by atoms with van der Waals surface area (Å²) in [6.45, 7) is 2.37. The van der Waals surface area contributed by atoms with Gasteiger partial charge in [-0.25, -0.2) is 0 Å². The molecule has 0 fully saturated rings. The maximum Gasteiger partial charge on any atom is 0.222 e. The van der Waals surface area contributed by atoms with Crippen LogP contribution in [-0.2, 0) is 16.0 Å². The van der Waals surface area contributed by atoms with E-state index in [4.69, 9.17) is 5.73 Å². The van der Waals surface area contributed by atoms with Gasteiger partial charge in [-0.2, -0.15) is 0 Å². The molecule has 0 aromatic carbocycles. The normalized spacial score (nSPS) is 11.9. The quantitative estimate of drug-likeness (QED) is 0.796. The summed E-state index contributed by atoms with van der Waals surface area (Å²) in [5.41, 5.74) is 6.13. The van der Waals surface area contributed by atoms with Crippen molar-refractivity contribution in [2.75, 3.05) is 13.6 Å². The van der Waals surface area contributed by atoms with Crippen LogP contribution in [-0.4, -0.2) is 35.3 Å². The predicted octanol–water partition coefficient (Wildman–Crippen LogP) is 0.984. The lowest BCUT2D eigenvalue weighted by molar-refractivity contribution is -0.130. The highest BCUT2D eigenvalue weighted by atomic mass is 16.2. The molecule has 1 rings (SSSR count). The predicted molar refractivity (Wildman–Crippen MR) is 73.2 cm³/mol. The largest absolute Gasteiger partial charge is 0.369 e. The lowest BCUT2D eigenvalue weighted by atomic mass is 10.0. The van der Waals surface area contributed by atoms with E-state index in [0.29, 0.717) is 19.4 Å². The topological polar surface area (TPSA) is 76.3 Å². The molecule has 1 heterocycles. The summed E-state index contributed by atoms with van der Waals surface area (Å²) in [5, 5.41) is 0. The molecule has 1 atom stereocenters. The van der Waals surface area contributed by atoms with E-state index < -0.39 is 0 Å². The van der Waals surface area contributed by atoms with E-state index in [1.165, 1.54) is 0 Å². The first-order valence-corrected chi connectivity index (χ1v) is 6.44. The minimum absolute atomic E-state index is 0.0315. The maximum atomic E-state index is 11.8. The molecule has 0 aliphatic rings. The standard InChI is InChI=1S/C14H21N3O2/c1-11(14(15)19)6-7-13(18)17(2)10-8-12-5-3-4-9-16-12/h3-5,9,11H,6-8,10H2,1-2H3,(H2,15,19)/t11-/m0/s1. The van der Waals surface area contributed by atoms with Crippen LogP contribution in [0.2, 0.25) is 0 Å². The van der Waals surface area contributed by atoms with Crippen LogP contribution in [0.1, 0.15) is 25.5 Å². The van der Waals surface area contributed by atoms with Crippen LogP contribution in [0.3, 0.4) is 0 Å².